The van der Waals surface area contributed by atoms with Crippen LogP contribution in [0.3, 0.4) is 0 Å². The van der Waals surface area contributed by atoms with Gasteiger partial charge in [0.15, 0.2) is 5.96 Å². The van der Waals surface area contributed by atoms with Crippen LogP contribution in [0, 0.1) is 0 Å². The van der Waals surface area contributed by atoms with Gasteiger partial charge in [-0.25, -0.2) is 0 Å². The highest BCUT2D eigenvalue weighted by molar-refractivity contribution is 14.0. The van der Waals surface area contributed by atoms with Gasteiger partial charge >= 0.3 is 0 Å². The van der Waals surface area contributed by atoms with Gasteiger partial charge < -0.3 is 20.7 Å². The lowest BCUT2D eigenvalue weighted by atomic mass is 10.3. The van der Waals surface area contributed by atoms with Gasteiger partial charge in [0.1, 0.15) is 0 Å². The van der Waals surface area contributed by atoms with Gasteiger partial charge in [0.05, 0.1) is 5.56 Å². The zero-order valence-electron chi connectivity index (χ0n) is 15.1. The molecule has 0 bridgehead atoms. The van der Waals surface area contributed by atoms with Gasteiger partial charge in [-0.15, -0.1) is 24.0 Å². The van der Waals surface area contributed by atoms with Gasteiger partial charge in [0.25, 0.3) is 5.91 Å². The molecule has 1 heterocycles. The first-order valence-electron chi connectivity index (χ1n) is 8.48. The molecule has 1 aromatic heterocycles. The summed E-state index contributed by atoms with van der Waals surface area (Å²) >= 11 is 0. The van der Waals surface area contributed by atoms with Crippen molar-refractivity contribution in [1.29, 1.82) is 0 Å². The Balaban J connectivity index is 0.00000576. The van der Waals surface area contributed by atoms with Crippen molar-refractivity contribution >= 4 is 35.8 Å². The predicted molar refractivity (Wildman–Crippen MR) is 112 cm³/mol. The number of aromatic nitrogens is 1. The fourth-order valence-corrected chi connectivity index (χ4v) is 1.91. The third kappa shape index (κ3) is 11.7. The molecule has 0 aliphatic heterocycles. The van der Waals surface area contributed by atoms with E-state index in [1.54, 1.807) is 31.6 Å². The molecule has 8 heteroatoms. The minimum Gasteiger partial charge on any atom is -0.381 e. The summed E-state index contributed by atoms with van der Waals surface area (Å²) in [5, 5.41) is 9.20. The smallest absolute Gasteiger partial charge is 0.252 e. The SMILES string of the molecule is CCCCOCCCNC(=NC)NCCNC(=O)c1cccnc1.I. The second kappa shape index (κ2) is 16.1. The van der Waals surface area contributed by atoms with Gasteiger partial charge in [-0.3, -0.25) is 14.8 Å². The Hall–Kier alpha value is -1.42. The fraction of sp³-hybridized carbons (Fsp3) is 0.588. The van der Waals surface area contributed by atoms with Crippen LogP contribution in [0.2, 0.25) is 0 Å². The predicted octanol–water partition coefficient (Wildman–Crippen LogP) is 1.80. The van der Waals surface area contributed by atoms with Crippen molar-refractivity contribution < 1.29 is 9.53 Å². The highest BCUT2D eigenvalue weighted by Gasteiger charge is 2.03. The summed E-state index contributed by atoms with van der Waals surface area (Å²) in [4.78, 5) is 19.9. The molecule has 0 unspecified atom stereocenters. The zero-order chi connectivity index (χ0) is 17.5. The van der Waals surface area contributed by atoms with Crippen LogP contribution in [0.1, 0.15) is 36.5 Å². The molecule has 142 valence electrons. The highest BCUT2D eigenvalue weighted by Crippen LogP contribution is 1.94. The number of halogens is 1. The Morgan fingerprint density at radius 2 is 1.88 bits per heavy atom. The van der Waals surface area contributed by atoms with E-state index in [-0.39, 0.29) is 29.9 Å². The third-order valence-corrected chi connectivity index (χ3v) is 3.25. The Bertz CT molecular complexity index is 485. The van der Waals surface area contributed by atoms with E-state index in [2.05, 4.69) is 32.9 Å². The molecule has 0 radical (unpaired) electrons. The molecular weight excluding hydrogens is 433 g/mol. The van der Waals surface area contributed by atoms with Crippen LogP contribution in [0.25, 0.3) is 0 Å². The molecule has 0 saturated heterocycles. The highest BCUT2D eigenvalue weighted by atomic mass is 127. The number of hydrogen-bond donors (Lipinski definition) is 3. The van der Waals surface area contributed by atoms with E-state index in [9.17, 15) is 4.79 Å². The number of carbonyl (C=O) groups is 1. The first-order valence-corrected chi connectivity index (χ1v) is 8.48. The number of hydrogen-bond acceptors (Lipinski definition) is 4. The summed E-state index contributed by atoms with van der Waals surface area (Å²) in [5.74, 6) is 0.594. The standard InChI is InChI=1S/C17H29N5O2.HI/c1-3-4-12-24-13-6-9-21-17(18-2)22-11-10-20-16(23)15-7-5-8-19-14-15;/h5,7-8,14H,3-4,6,9-13H2,1-2H3,(H,20,23)(H2,18,21,22);1H. The summed E-state index contributed by atoms with van der Waals surface area (Å²) in [6, 6.07) is 3.48. The van der Waals surface area contributed by atoms with E-state index in [1.165, 1.54) is 0 Å². The van der Waals surface area contributed by atoms with E-state index in [1.807, 2.05) is 0 Å². The average Bonchev–Trinajstić information content (AvgIpc) is 2.63. The molecule has 0 saturated carbocycles. The van der Waals surface area contributed by atoms with E-state index >= 15 is 0 Å². The maximum Gasteiger partial charge on any atom is 0.252 e. The van der Waals surface area contributed by atoms with E-state index < -0.39 is 0 Å². The van der Waals surface area contributed by atoms with Crippen molar-refractivity contribution in [2.75, 3.05) is 39.9 Å². The molecule has 3 N–H and O–H groups in total. The molecule has 0 aliphatic rings. The minimum absolute atomic E-state index is 0. The number of aliphatic imine (C=N–C) groups is 1. The molecule has 0 atom stereocenters. The van der Waals surface area contributed by atoms with E-state index in [4.69, 9.17) is 4.74 Å². The topological polar surface area (TPSA) is 87.6 Å². The molecule has 0 fully saturated rings. The number of guanidine groups is 1. The lowest BCUT2D eigenvalue weighted by Crippen LogP contribution is -2.42. The van der Waals surface area contributed by atoms with Crippen LogP contribution in [-0.4, -0.2) is 56.7 Å². The van der Waals surface area contributed by atoms with Gasteiger partial charge in [-0.05, 0) is 25.0 Å². The molecule has 25 heavy (non-hydrogen) atoms. The Morgan fingerprint density at radius 1 is 1.16 bits per heavy atom. The number of nitrogens with one attached hydrogen (secondary N) is 3. The second-order valence-corrected chi connectivity index (χ2v) is 5.24. The molecule has 1 aromatic rings. The molecule has 1 amide bonds. The van der Waals surface area contributed by atoms with Gasteiger partial charge in [-0.2, -0.15) is 0 Å². The number of carbonyl (C=O) groups excluding carboxylic acids is 1. The lowest BCUT2D eigenvalue weighted by molar-refractivity contribution is 0.0954. The van der Waals surface area contributed by atoms with Crippen LogP contribution in [0.4, 0.5) is 0 Å². The third-order valence-electron chi connectivity index (χ3n) is 3.25. The van der Waals surface area contributed by atoms with Gasteiger partial charge in [0.2, 0.25) is 0 Å². The molecule has 0 spiro atoms. The van der Waals surface area contributed by atoms with E-state index in [0.29, 0.717) is 18.7 Å². The van der Waals surface area contributed by atoms with Crippen LogP contribution >= 0.6 is 24.0 Å². The van der Waals surface area contributed by atoms with Gasteiger partial charge in [-0.1, -0.05) is 13.3 Å². The number of pyridine rings is 1. The van der Waals surface area contributed by atoms with Crippen molar-refractivity contribution in [2.24, 2.45) is 4.99 Å². The Labute approximate surface area is 167 Å². The van der Waals surface area contributed by atoms with Crippen molar-refractivity contribution in [1.82, 2.24) is 20.9 Å². The average molecular weight is 463 g/mol. The molecule has 0 aliphatic carbocycles. The fourth-order valence-electron chi connectivity index (χ4n) is 1.91. The number of nitrogens with zero attached hydrogens (tertiary/aromatic N) is 2. The van der Waals surface area contributed by atoms with Gasteiger partial charge in [0, 0.05) is 52.3 Å². The summed E-state index contributed by atoms with van der Waals surface area (Å²) in [6.07, 6.45) is 6.39. The minimum atomic E-state index is -0.128. The summed E-state index contributed by atoms with van der Waals surface area (Å²) < 4.78 is 5.50. The monoisotopic (exact) mass is 463 g/mol. The number of rotatable bonds is 11. The summed E-state index contributed by atoms with van der Waals surface area (Å²) in [5.41, 5.74) is 0.558. The van der Waals surface area contributed by atoms with Crippen molar-refractivity contribution in [3.05, 3.63) is 30.1 Å². The number of ether oxygens (including phenoxy) is 1. The maximum atomic E-state index is 11.8. The zero-order valence-corrected chi connectivity index (χ0v) is 17.4. The first kappa shape index (κ1) is 23.6. The molecular formula is C17H30IN5O2. The second-order valence-electron chi connectivity index (χ2n) is 5.24. The molecule has 0 aromatic carbocycles. The van der Waals surface area contributed by atoms with Crippen molar-refractivity contribution in [3.8, 4) is 0 Å². The Morgan fingerprint density at radius 3 is 2.56 bits per heavy atom. The molecule has 1 rings (SSSR count). The number of unbranched alkanes of at least 4 members (excludes halogenated alkanes) is 1. The quantitative estimate of drug-likeness (QED) is 0.202. The van der Waals surface area contributed by atoms with Crippen LogP contribution in [-0.2, 0) is 4.74 Å². The number of amides is 1. The van der Waals surface area contributed by atoms with Crippen molar-refractivity contribution in [3.63, 3.8) is 0 Å². The summed E-state index contributed by atoms with van der Waals surface area (Å²) in [7, 11) is 1.72. The van der Waals surface area contributed by atoms with Crippen LogP contribution < -0.4 is 16.0 Å². The van der Waals surface area contributed by atoms with E-state index in [0.717, 1.165) is 45.0 Å². The maximum absolute atomic E-state index is 11.8. The largest absolute Gasteiger partial charge is 0.381 e. The van der Waals surface area contributed by atoms with Crippen LogP contribution in [0.15, 0.2) is 29.5 Å². The normalized spacial score (nSPS) is 10.7. The van der Waals surface area contributed by atoms with Crippen LogP contribution in [0.5, 0.6) is 0 Å². The summed E-state index contributed by atoms with van der Waals surface area (Å²) in [6.45, 7) is 5.64. The lowest BCUT2D eigenvalue weighted by Gasteiger charge is -2.12. The first-order chi connectivity index (χ1) is 11.8. The van der Waals surface area contributed by atoms with Crippen molar-refractivity contribution in [2.45, 2.75) is 26.2 Å². The Kier molecular flexibility index (Phi) is 15.2. The molecule has 7 nitrogen and oxygen atoms in total.